The third-order valence-corrected chi connectivity index (χ3v) is 6.54. The summed E-state index contributed by atoms with van der Waals surface area (Å²) in [5.41, 5.74) is 1.50. The highest BCUT2D eigenvalue weighted by Gasteiger charge is 2.29. The number of amides is 2. The van der Waals surface area contributed by atoms with Crippen LogP contribution in [0.2, 0.25) is 20.1 Å². The van der Waals surface area contributed by atoms with E-state index in [1.165, 1.54) is 0 Å². The molecule has 2 atom stereocenters. The van der Waals surface area contributed by atoms with Crippen LogP contribution in [0.4, 0.5) is 0 Å². The van der Waals surface area contributed by atoms with Crippen LogP contribution in [0.5, 0.6) is 0 Å². The molecule has 2 rings (SSSR count). The molecule has 0 aliphatic rings. The molecule has 0 aliphatic heterocycles. The lowest BCUT2D eigenvalue weighted by Gasteiger charge is -2.31. The molecule has 1 N–H and O–H groups in total. The molecule has 0 heterocycles. The van der Waals surface area contributed by atoms with E-state index in [1.54, 1.807) is 41.3 Å². The highest BCUT2D eigenvalue weighted by atomic mass is 35.5. The van der Waals surface area contributed by atoms with Crippen LogP contribution in [0.1, 0.15) is 44.7 Å². The monoisotopic (exact) mass is 502 g/mol. The summed E-state index contributed by atoms with van der Waals surface area (Å²) in [6, 6.07) is 9.65. The Morgan fingerprint density at radius 1 is 0.871 bits per heavy atom. The van der Waals surface area contributed by atoms with Gasteiger partial charge in [0, 0.05) is 12.6 Å². The maximum Gasteiger partial charge on any atom is 0.243 e. The predicted octanol–water partition coefficient (Wildman–Crippen LogP) is 6.56. The number of halogens is 4. The Hall–Kier alpha value is -1.46. The van der Waals surface area contributed by atoms with Crippen molar-refractivity contribution in [3.05, 3.63) is 67.6 Å². The van der Waals surface area contributed by atoms with Crippen molar-refractivity contribution in [3.63, 3.8) is 0 Å². The van der Waals surface area contributed by atoms with E-state index in [1.807, 2.05) is 20.8 Å². The normalized spacial score (nSPS) is 12.9. The van der Waals surface area contributed by atoms with Crippen LogP contribution in [0.15, 0.2) is 36.4 Å². The standard InChI is InChI=1S/C23H26Cl4N2O2/c1-4-14(3)28-23(31)21(5-2)29(13-16-7-9-18(25)20(27)11-16)22(30)12-15-6-8-17(24)19(26)10-15/h6-11,14,21H,4-5,12-13H2,1-3H3,(H,28,31)/t14-,21-/m1/s1. The number of nitrogens with zero attached hydrogens (tertiary/aromatic N) is 1. The molecule has 0 aliphatic carbocycles. The number of benzene rings is 2. The van der Waals surface area contributed by atoms with Crippen LogP contribution in [-0.4, -0.2) is 28.8 Å². The molecule has 2 amide bonds. The Labute approximate surface area is 203 Å². The van der Waals surface area contributed by atoms with Crippen LogP contribution >= 0.6 is 46.4 Å². The predicted molar refractivity (Wildman–Crippen MR) is 129 cm³/mol. The van der Waals surface area contributed by atoms with Crippen molar-refractivity contribution in [2.45, 2.75) is 58.7 Å². The minimum Gasteiger partial charge on any atom is -0.352 e. The molecular formula is C23H26Cl4N2O2. The number of rotatable bonds is 9. The van der Waals surface area contributed by atoms with Crippen molar-refractivity contribution in [3.8, 4) is 0 Å². The Morgan fingerprint density at radius 3 is 1.94 bits per heavy atom. The highest BCUT2D eigenvalue weighted by molar-refractivity contribution is 6.42. The molecule has 0 spiro atoms. The van der Waals surface area contributed by atoms with E-state index in [0.717, 1.165) is 17.5 Å². The van der Waals surface area contributed by atoms with E-state index >= 15 is 0 Å². The minimum atomic E-state index is -0.626. The lowest BCUT2D eigenvalue weighted by molar-refractivity contribution is -0.141. The summed E-state index contributed by atoms with van der Waals surface area (Å²) in [4.78, 5) is 27.9. The summed E-state index contributed by atoms with van der Waals surface area (Å²) >= 11 is 24.3. The number of nitrogens with one attached hydrogen (secondary N) is 1. The molecule has 0 saturated heterocycles. The van der Waals surface area contributed by atoms with E-state index < -0.39 is 6.04 Å². The zero-order chi connectivity index (χ0) is 23.1. The second-order valence-electron chi connectivity index (χ2n) is 7.44. The molecule has 2 aromatic carbocycles. The average molecular weight is 504 g/mol. The molecule has 168 valence electrons. The van der Waals surface area contributed by atoms with Gasteiger partial charge in [-0.2, -0.15) is 0 Å². The van der Waals surface area contributed by atoms with E-state index in [-0.39, 0.29) is 30.8 Å². The zero-order valence-electron chi connectivity index (χ0n) is 17.7. The average Bonchev–Trinajstić information content (AvgIpc) is 2.72. The first-order valence-electron chi connectivity index (χ1n) is 10.1. The topological polar surface area (TPSA) is 49.4 Å². The van der Waals surface area contributed by atoms with Gasteiger partial charge in [-0.3, -0.25) is 9.59 Å². The van der Waals surface area contributed by atoms with Gasteiger partial charge in [-0.1, -0.05) is 72.4 Å². The second kappa shape index (κ2) is 12.0. The van der Waals surface area contributed by atoms with Gasteiger partial charge in [-0.25, -0.2) is 0 Å². The van der Waals surface area contributed by atoms with Crippen molar-refractivity contribution in [2.75, 3.05) is 0 Å². The number of carbonyl (C=O) groups excluding carboxylic acids is 2. The van der Waals surface area contributed by atoms with Crippen molar-refractivity contribution >= 4 is 58.2 Å². The maximum atomic E-state index is 13.3. The molecule has 0 saturated carbocycles. The van der Waals surface area contributed by atoms with Gasteiger partial charge < -0.3 is 10.2 Å². The van der Waals surface area contributed by atoms with Crippen molar-refractivity contribution in [1.29, 1.82) is 0 Å². The Bertz CT molecular complexity index is 936. The molecular weight excluding hydrogens is 478 g/mol. The molecule has 2 aromatic rings. The van der Waals surface area contributed by atoms with Crippen molar-refractivity contribution in [1.82, 2.24) is 10.2 Å². The minimum absolute atomic E-state index is 0.0125. The van der Waals surface area contributed by atoms with Crippen LogP contribution in [0.25, 0.3) is 0 Å². The summed E-state index contributed by atoms with van der Waals surface area (Å²) in [6.45, 7) is 6.04. The first kappa shape index (κ1) is 25.8. The molecule has 31 heavy (non-hydrogen) atoms. The van der Waals surface area contributed by atoms with E-state index in [2.05, 4.69) is 5.32 Å². The van der Waals surface area contributed by atoms with Crippen LogP contribution in [-0.2, 0) is 22.6 Å². The number of carbonyl (C=O) groups is 2. The summed E-state index contributed by atoms with van der Waals surface area (Å²) in [5.74, 6) is -0.380. The molecule has 0 fully saturated rings. The largest absolute Gasteiger partial charge is 0.352 e. The van der Waals surface area contributed by atoms with Crippen LogP contribution in [0.3, 0.4) is 0 Å². The van der Waals surface area contributed by atoms with Crippen molar-refractivity contribution in [2.24, 2.45) is 0 Å². The number of hydrogen-bond donors (Lipinski definition) is 1. The van der Waals surface area contributed by atoms with Gasteiger partial charge in [0.2, 0.25) is 11.8 Å². The quantitative estimate of drug-likeness (QED) is 0.421. The van der Waals surface area contributed by atoms with Gasteiger partial charge in [0.25, 0.3) is 0 Å². The zero-order valence-corrected chi connectivity index (χ0v) is 20.7. The fourth-order valence-corrected chi connectivity index (χ4v) is 3.76. The fourth-order valence-electron chi connectivity index (χ4n) is 3.12. The third-order valence-electron chi connectivity index (χ3n) is 5.06. The first-order valence-corrected chi connectivity index (χ1v) is 11.6. The summed E-state index contributed by atoms with van der Waals surface area (Å²) in [7, 11) is 0. The SMILES string of the molecule is CC[C@@H](C)NC(=O)[C@@H](CC)N(Cc1ccc(Cl)c(Cl)c1)C(=O)Cc1ccc(Cl)c(Cl)c1. The van der Waals surface area contributed by atoms with Gasteiger partial charge in [0.1, 0.15) is 6.04 Å². The third kappa shape index (κ3) is 7.28. The van der Waals surface area contributed by atoms with Crippen LogP contribution < -0.4 is 5.32 Å². The number of hydrogen-bond acceptors (Lipinski definition) is 2. The summed E-state index contributed by atoms with van der Waals surface area (Å²) < 4.78 is 0. The lowest BCUT2D eigenvalue weighted by Crippen LogP contribution is -2.51. The highest BCUT2D eigenvalue weighted by Crippen LogP contribution is 2.26. The molecule has 8 heteroatoms. The Kier molecular flexibility index (Phi) is 9.95. The maximum absolute atomic E-state index is 13.3. The molecule has 0 unspecified atom stereocenters. The molecule has 0 bridgehead atoms. The van der Waals surface area contributed by atoms with E-state index in [4.69, 9.17) is 46.4 Å². The first-order chi connectivity index (χ1) is 14.7. The molecule has 0 aromatic heterocycles. The van der Waals surface area contributed by atoms with Gasteiger partial charge in [0.15, 0.2) is 0 Å². The molecule has 4 nitrogen and oxygen atoms in total. The van der Waals surface area contributed by atoms with Crippen molar-refractivity contribution < 1.29 is 9.59 Å². The second-order valence-corrected chi connectivity index (χ2v) is 9.07. The fraction of sp³-hybridized carbons (Fsp3) is 0.391. The van der Waals surface area contributed by atoms with Gasteiger partial charge >= 0.3 is 0 Å². The smallest absolute Gasteiger partial charge is 0.243 e. The summed E-state index contributed by atoms with van der Waals surface area (Å²) in [6.07, 6.45) is 1.36. The van der Waals surface area contributed by atoms with E-state index in [0.29, 0.717) is 26.5 Å². The summed E-state index contributed by atoms with van der Waals surface area (Å²) in [5, 5.41) is 4.61. The molecule has 0 radical (unpaired) electrons. The lowest BCUT2D eigenvalue weighted by atomic mass is 10.1. The van der Waals surface area contributed by atoms with Crippen LogP contribution in [0, 0.1) is 0 Å². The van der Waals surface area contributed by atoms with E-state index in [9.17, 15) is 9.59 Å². The van der Waals surface area contributed by atoms with Gasteiger partial charge in [-0.05, 0) is 55.2 Å². The van der Waals surface area contributed by atoms with Gasteiger partial charge in [-0.15, -0.1) is 0 Å². The Balaban J connectivity index is 2.34. The van der Waals surface area contributed by atoms with Gasteiger partial charge in [0.05, 0.1) is 26.5 Å². The Morgan fingerprint density at radius 2 is 1.42 bits per heavy atom.